The molecule has 18 heavy (non-hydrogen) atoms. The number of hydrogen-bond donors (Lipinski definition) is 2. The van der Waals surface area contributed by atoms with Crippen LogP contribution < -0.4 is 5.32 Å². The van der Waals surface area contributed by atoms with Gasteiger partial charge in [0.1, 0.15) is 11.4 Å². The van der Waals surface area contributed by atoms with E-state index >= 15 is 0 Å². The maximum absolute atomic E-state index is 11.7. The summed E-state index contributed by atoms with van der Waals surface area (Å²) in [5, 5.41) is 27.2. The molecule has 0 bridgehead atoms. The predicted molar refractivity (Wildman–Crippen MR) is 62.6 cm³/mol. The van der Waals surface area contributed by atoms with Crippen molar-refractivity contribution in [2.45, 2.75) is 0 Å². The van der Waals surface area contributed by atoms with Gasteiger partial charge in [0, 0.05) is 17.5 Å². The van der Waals surface area contributed by atoms with Crippen molar-refractivity contribution in [3.8, 4) is 5.75 Å². The van der Waals surface area contributed by atoms with Gasteiger partial charge in [-0.15, -0.1) is 5.10 Å². The van der Waals surface area contributed by atoms with Gasteiger partial charge in [-0.2, -0.15) is 0 Å². The number of phenolic OH excluding ortho intramolecular Hbond substituents is 1. The number of nitrogens with one attached hydrogen (secondary N) is 1. The van der Waals surface area contributed by atoms with Crippen molar-refractivity contribution in [1.82, 2.24) is 9.59 Å². The number of rotatable bonds is 3. The fraction of sp³-hybridized carbons (Fsp3) is 0. The molecular weight excluding hydrogens is 260 g/mol. The summed E-state index contributed by atoms with van der Waals surface area (Å²) in [4.78, 5) is 21.7. The average molecular weight is 266 g/mol. The van der Waals surface area contributed by atoms with Gasteiger partial charge in [0.25, 0.3) is 11.6 Å². The number of aromatic nitrogens is 2. The molecule has 0 radical (unpaired) electrons. The zero-order valence-electron chi connectivity index (χ0n) is 8.73. The van der Waals surface area contributed by atoms with Gasteiger partial charge in [-0.3, -0.25) is 14.9 Å². The molecule has 0 aliphatic rings. The van der Waals surface area contributed by atoms with E-state index in [0.29, 0.717) is 0 Å². The fourth-order valence-corrected chi connectivity index (χ4v) is 1.67. The van der Waals surface area contributed by atoms with E-state index < -0.39 is 10.8 Å². The molecule has 92 valence electrons. The smallest absolute Gasteiger partial charge is 0.293 e. The zero-order chi connectivity index (χ0) is 13.1. The number of hydrogen-bond acceptors (Lipinski definition) is 7. The summed E-state index contributed by atoms with van der Waals surface area (Å²) in [6.07, 6.45) is 0. The Morgan fingerprint density at radius 1 is 1.50 bits per heavy atom. The largest absolute Gasteiger partial charge is 0.508 e. The lowest BCUT2D eigenvalue weighted by molar-refractivity contribution is -0.383. The summed E-state index contributed by atoms with van der Waals surface area (Å²) < 4.78 is 3.51. The molecule has 2 rings (SSSR count). The average Bonchev–Trinajstić information content (AvgIpc) is 2.81. The van der Waals surface area contributed by atoms with E-state index in [-0.39, 0.29) is 22.8 Å². The Hall–Kier alpha value is -2.55. The highest BCUT2D eigenvalue weighted by molar-refractivity contribution is 7.03. The van der Waals surface area contributed by atoms with Gasteiger partial charge >= 0.3 is 0 Å². The summed E-state index contributed by atoms with van der Waals surface area (Å²) in [5.74, 6) is -0.815. The van der Waals surface area contributed by atoms with Crippen molar-refractivity contribution in [3.05, 3.63) is 39.4 Å². The Labute approximate surface area is 104 Å². The number of benzene rings is 1. The number of nitro benzene ring substituents is 1. The lowest BCUT2D eigenvalue weighted by Gasteiger charge is -2.04. The van der Waals surface area contributed by atoms with Crippen molar-refractivity contribution in [2.24, 2.45) is 0 Å². The lowest BCUT2D eigenvalue weighted by Crippen LogP contribution is -2.13. The monoisotopic (exact) mass is 266 g/mol. The van der Waals surface area contributed by atoms with E-state index in [0.717, 1.165) is 29.7 Å². The highest BCUT2D eigenvalue weighted by atomic mass is 32.1. The summed E-state index contributed by atoms with van der Waals surface area (Å²) in [6, 6.07) is 3.36. The van der Waals surface area contributed by atoms with Gasteiger partial charge in [-0.1, -0.05) is 4.49 Å². The number of amides is 1. The minimum Gasteiger partial charge on any atom is -0.508 e. The molecule has 8 nitrogen and oxygen atoms in total. The van der Waals surface area contributed by atoms with Crippen LogP contribution in [0.15, 0.2) is 23.6 Å². The molecule has 9 heteroatoms. The lowest BCUT2D eigenvalue weighted by atomic mass is 10.2. The minimum atomic E-state index is -0.658. The summed E-state index contributed by atoms with van der Waals surface area (Å²) in [6.45, 7) is 0. The molecule has 1 aromatic carbocycles. The molecule has 2 aromatic rings. The SMILES string of the molecule is O=C(Nc1cc(O)ccc1[N+](=O)[O-])c1csnn1. The first-order chi connectivity index (χ1) is 8.58. The molecule has 0 atom stereocenters. The van der Waals surface area contributed by atoms with Crippen LogP contribution in [0.3, 0.4) is 0 Å². The molecule has 1 heterocycles. The van der Waals surface area contributed by atoms with E-state index in [1.54, 1.807) is 0 Å². The van der Waals surface area contributed by atoms with E-state index in [1.165, 1.54) is 5.38 Å². The van der Waals surface area contributed by atoms with Gasteiger partial charge in [0.05, 0.1) is 4.92 Å². The number of phenols is 1. The first-order valence-electron chi connectivity index (χ1n) is 4.64. The molecule has 0 saturated carbocycles. The topological polar surface area (TPSA) is 118 Å². The number of nitro groups is 1. The maximum Gasteiger partial charge on any atom is 0.293 e. The Morgan fingerprint density at radius 3 is 2.89 bits per heavy atom. The molecule has 0 aliphatic heterocycles. The van der Waals surface area contributed by atoms with Gasteiger partial charge < -0.3 is 10.4 Å². The second kappa shape index (κ2) is 4.75. The summed E-state index contributed by atoms with van der Waals surface area (Å²) in [7, 11) is 0. The van der Waals surface area contributed by atoms with Crippen molar-refractivity contribution in [2.75, 3.05) is 5.32 Å². The third kappa shape index (κ3) is 2.40. The van der Waals surface area contributed by atoms with E-state index in [9.17, 15) is 20.0 Å². The van der Waals surface area contributed by atoms with Crippen LogP contribution >= 0.6 is 11.5 Å². The van der Waals surface area contributed by atoms with Crippen LogP contribution in [0.5, 0.6) is 5.75 Å². The van der Waals surface area contributed by atoms with Gasteiger partial charge in [-0.05, 0) is 17.6 Å². The van der Waals surface area contributed by atoms with Crippen molar-refractivity contribution in [3.63, 3.8) is 0 Å². The van der Waals surface area contributed by atoms with E-state index in [4.69, 9.17) is 0 Å². The van der Waals surface area contributed by atoms with Crippen LogP contribution in [0.1, 0.15) is 10.5 Å². The van der Waals surface area contributed by atoms with Crippen LogP contribution in [0, 0.1) is 10.1 Å². The second-order valence-corrected chi connectivity index (χ2v) is 3.81. The van der Waals surface area contributed by atoms with E-state index in [1.807, 2.05) is 0 Å². The number of carbonyl (C=O) groups is 1. The maximum atomic E-state index is 11.7. The first-order valence-corrected chi connectivity index (χ1v) is 5.47. The molecule has 0 spiro atoms. The highest BCUT2D eigenvalue weighted by Crippen LogP contribution is 2.28. The minimum absolute atomic E-state index is 0.0534. The first kappa shape index (κ1) is 11.9. The van der Waals surface area contributed by atoms with Crippen molar-refractivity contribution < 1.29 is 14.8 Å². The Morgan fingerprint density at radius 2 is 2.28 bits per heavy atom. The zero-order valence-corrected chi connectivity index (χ0v) is 9.55. The van der Waals surface area contributed by atoms with Crippen LogP contribution in [0.4, 0.5) is 11.4 Å². The Kier molecular flexibility index (Phi) is 3.15. The quantitative estimate of drug-likeness (QED) is 0.640. The predicted octanol–water partition coefficient (Wildman–Crippen LogP) is 1.40. The third-order valence-corrected chi connectivity index (χ3v) is 2.52. The highest BCUT2D eigenvalue weighted by Gasteiger charge is 2.18. The van der Waals surface area contributed by atoms with Crippen LogP contribution in [-0.2, 0) is 0 Å². The van der Waals surface area contributed by atoms with Crippen molar-refractivity contribution in [1.29, 1.82) is 0 Å². The fourth-order valence-electron chi connectivity index (χ4n) is 1.23. The van der Waals surface area contributed by atoms with Gasteiger partial charge in [-0.25, -0.2) is 0 Å². The summed E-state index contributed by atoms with van der Waals surface area (Å²) >= 11 is 0.987. The molecule has 1 amide bonds. The standard InChI is InChI=1S/C9H6N4O4S/c14-5-1-2-8(13(16)17)6(3-5)10-9(15)7-4-18-12-11-7/h1-4,14H,(H,10,15). The van der Waals surface area contributed by atoms with Crippen LogP contribution in [0.25, 0.3) is 0 Å². The molecule has 0 unspecified atom stereocenters. The molecular formula is C9H6N4O4S. The molecule has 1 aromatic heterocycles. The Balaban J connectivity index is 2.31. The molecule has 0 saturated heterocycles. The molecule has 2 N–H and O–H groups in total. The van der Waals surface area contributed by atoms with Gasteiger partial charge in [0.2, 0.25) is 0 Å². The van der Waals surface area contributed by atoms with E-state index in [2.05, 4.69) is 14.9 Å². The van der Waals surface area contributed by atoms with Crippen LogP contribution in [0.2, 0.25) is 0 Å². The molecule has 0 aliphatic carbocycles. The Bertz CT molecular complexity index is 599. The number of aromatic hydroxyl groups is 1. The number of anilines is 1. The normalized spacial score (nSPS) is 10.0. The number of carbonyl (C=O) groups excluding carboxylic acids is 1. The summed E-state index contributed by atoms with van der Waals surface area (Å²) in [5.41, 5.74) is -0.361. The van der Waals surface area contributed by atoms with Crippen molar-refractivity contribution >= 4 is 28.8 Å². The number of nitrogens with zero attached hydrogens (tertiary/aromatic N) is 3. The molecule has 0 fully saturated rings. The van der Waals surface area contributed by atoms with Gasteiger partial charge in [0.15, 0.2) is 5.69 Å². The van der Waals surface area contributed by atoms with Crippen LogP contribution in [-0.4, -0.2) is 25.5 Å². The second-order valence-electron chi connectivity index (χ2n) is 3.20. The third-order valence-electron chi connectivity index (χ3n) is 2.02.